The summed E-state index contributed by atoms with van der Waals surface area (Å²) in [5.74, 6) is 0.554. The Kier molecular flexibility index (Phi) is 3.25. The van der Waals surface area contributed by atoms with Gasteiger partial charge in [0.15, 0.2) is 0 Å². The van der Waals surface area contributed by atoms with Gasteiger partial charge in [-0.2, -0.15) is 4.98 Å². The fourth-order valence-electron chi connectivity index (χ4n) is 1.62. The number of nitrogens with two attached hydrogens (primary N) is 1. The van der Waals surface area contributed by atoms with E-state index in [0.717, 1.165) is 0 Å². The molecule has 100 valence electrons. The van der Waals surface area contributed by atoms with Crippen LogP contribution in [-0.4, -0.2) is 20.1 Å². The molecule has 0 atom stereocenters. The number of anilines is 1. The molecule has 2 N–H and O–H groups in total. The molecular formula is C12H7Cl2N5O. The van der Waals surface area contributed by atoms with Crippen LogP contribution in [0, 0.1) is 0 Å². The zero-order chi connectivity index (χ0) is 14.1. The second kappa shape index (κ2) is 5.07. The van der Waals surface area contributed by atoms with Crippen LogP contribution >= 0.6 is 23.2 Å². The molecule has 2 aromatic heterocycles. The quantitative estimate of drug-likeness (QED) is 0.732. The van der Waals surface area contributed by atoms with E-state index in [1.807, 2.05) is 0 Å². The van der Waals surface area contributed by atoms with Gasteiger partial charge in [-0.3, -0.25) is 0 Å². The van der Waals surface area contributed by atoms with Gasteiger partial charge in [-0.25, -0.2) is 9.97 Å². The number of rotatable bonds is 2. The predicted molar refractivity (Wildman–Crippen MR) is 75.2 cm³/mol. The summed E-state index contributed by atoms with van der Waals surface area (Å²) in [6, 6.07) is 4.83. The molecule has 0 aliphatic heterocycles. The summed E-state index contributed by atoms with van der Waals surface area (Å²) >= 11 is 11.9. The Morgan fingerprint density at radius 1 is 1.20 bits per heavy atom. The number of benzene rings is 1. The summed E-state index contributed by atoms with van der Waals surface area (Å²) in [6.07, 6.45) is 2.99. The van der Waals surface area contributed by atoms with E-state index in [-0.39, 0.29) is 5.89 Å². The van der Waals surface area contributed by atoms with Crippen molar-refractivity contribution in [3.63, 3.8) is 0 Å². The van der Waals surface area contributed by atoms with Crippen molar-refractivity contribution in [1.82, 2.24) is 20.1 Å². The molecule has 2 heterocycles. The molecule has 0 spiro atoms. The van der Waals surface area contributed by atoms with Crippen LogP contribution in [0.5, 0.6) is 0 Å². The third kappa shape index (κ3) is 2.31. The normalized spacial score (nSPS) is 10.7. The molecule has 3 rings (SSSR count). The summed E-state index contributed by atoms with van der Waals surface area (Å²) in [5.41, 5.74) is 7.24. The van der Waals surface area contributed by atoms with E-state index in [1.54, 1.807) is 24.4 Å². The van der Waals surface area contributed by atoms with Crippen molar-refractivity contribution in [3.8, 4) is 23.0 Å². The Labute approximate surface area is 123 Å². The maximum atomic E-state index is 5.97. The summed E-state index contributed by atoms with van der Waals surface area (Å²) < 4.78 is 5.18. The molecule has 0 radical (unpaired) electrons. The van der Waals surface area contributed by atoms with E-state index in [9.17, 15) is 0 Å². The van der Waals surface area contributed by atoms with Crippen LogP contribution in [0.1, 0.15) is 0 Å². The lowest BCUT2D eigenvalue weighted by molar-refractivity contribution is 0.432. The van der Waals surface area contributed by atoms with Crippen molar-refractivity contribution < 1.29 is 4.52 Å². The maximum absolute atomic E-state index is 5.97. The first-order valence-electron chi connectivity index (χ1n) is 5.50. The third-order valence-electron chi connectivity index (χ3n) is 2.56. The Morgan fingerprint density at radius 2 is 2.05 bits per heavy atom. The van der Waals surface area contributed by atoms with Gasteiger partial charge >= 0.3 is 0 Å². The smallest absolute Gasteiger partial charge is 0.260 e. The van der Waals surface area contributed by atoms with E-state index in [1.165, 1.54) is 6.33 Å². The molecule has 20 heavy (non-hydrogen) atoms. The minimum atomic E-state index is 0.223. The molecule has 6 nitrogen and oxygen atoms in total. The number of halogens is 2. The topological polar surface area (TPSA) is 90.7 Å². The second-order valence-corrected chi connectivity index (χ2v) is 4.71. The molecule has 0 bridgehead atoms. The average molecular weight is 308 g/mol. The highest BCUT2D eigenvalue weighted by molar-refractivity contribution is 6.37. The molecule has 0 fully saturated rings. The lowest BCUT2D eigenvalue weighted by Gasteiger charge is -2.03. The first-order valence-corrected chi connectivity index (χ1v) is 6.25. The highest BCUT2D eigenvalue weighted by atomic mass is 35.5. The minimum Gasteiger partial charge on any atom is -0.397 e. The first kappa shape index (κ1) is 12.8. The van der Waals surface area contributed by atoms with E-state index >= 15 is 0 Å². The van der Waals surface area contributed by atoms with E-state index in [0.29, 0.717) is 32.8 Å². The molecule has 0 unspecified atom stereocenters. The van der Waals surface area contributed by atoms with Crippen LogP contribution in [-0.2, 0) is 0 Å². The fourth-order valence-corrected chi connectivity index (χ4v) is 2.12. The van der Waals surface area contributed by atoms with E-state index in [4.69, 9.17) is 33.5 Å². The molecule has 3 aromatic rings. The monoisotopic (exact) mass is 307 g/mol. The van der Waals surface area contributed by atoms with Crippen molar-refractivity contribution in [2.75, 3.05) is 5.73 Å². The van der Waals surface area contributed by atoms with Gasteiger partial charge in [0.05, 0.1) is 16.3 Å². The number of nitrogens with zero attached hydrogens (tertiary/aromatic N) is 4. The molecule has 0 aliphatic rings. The Bertz CT molecular complexity index is 760. The lowest BCUT2D eigenvalue weighted by atomic mass is 10.2. The van der Waals surface area contributed by atoms with E-state index < -0.39 is 0 Å². The van der Waals surface area contributed by atoms with Gasteiger partial charge < -0.3 is 10.3 Å². The number of aromatic nitrogens is 4. The highest BCUT2D eigenvalue weighted by Crippen LogP contribution is 2.34. The number of nitrogen functional groups attached to an aromatic ring is 1. The van der Waals surface area contributed by atoms with Gasteiger partial charge in [-0.15, -0.1) is 0 Å². The van der Waals surface area contributed by atoms with Gasteiger partial charge in [-0.1, -0.05) is 28.4 Å². The summed E-state index contributed by atoms with van der Waals surface area (Å²) in [6.45, 7) is 0. The molecule has 1 aromatic carbocycles. The Hall–Kier alpha value is -2.18. The minimum absolute atomic E-state index is 0.223. The van der Waals surface area contributed by atoms with Gasteiger partial charge in [0.1, 0.15) is 12.0 Å². The van der Waals surface area contributed by atoms with Gasteiger partial charge in [-0.05, 0) is 18.2 Å². The fraction of sp³-hybridized carbons (Fsp3) is 0. The molecule has 0 saturated heterocycles. The summed E-state index contributed by atoms with van der Waals surface area (Å²) in [5, 5.41) is 4.60. The van der Waals surface area contributed by atoms with Crippen LogP contribution in [0.25, 0.3) is 23.0 Å². The zero-order valence-electron chi connectivity index (χ0n) is 9.92. The Balaban J connectivity index is 2.07. The third-order valence-corrected chi connectivity index (χ3v) is 3.09. The largest absolute Gasteiger partial charge is 0.397 e. The van der Waals surface area contributed by atoms with Gasteiger partial charge in [0.2, 0.25) is 5.82 Å². The van der Waals surface area contributed by atoms with Crippen molar-refractivity contribution in [1.29, 1.82) is 0 Å². The zero-order valence-corrected chi connectivity index (χ0v) is 11.4. The van der Waals surface area contributed by atoms with Crippen LogP contribution < -0.4 is 5.73 Å². The second-order valence-electron chi connectivity index (χ2n) is 3.87. The van der Waals surface area contributed by atoms with Crippen molar-refractivity contribution in [3.05, 3.63) is 40.8 Å². The van der Waals surface area contributed by atoms with Crippen LogP contribution in [0.3, 0.4) is 0 Å². The lowest BCUT2D eigenvalue weighted by Crippen LogP contribution is -1.92. The average Bonchev–Trinajstić information content (AvgIpc) is 2.93. The summed E-state index contributed by atoms with van der Waals surface area (Å²) in [4.78, 5) is 12.1. The highest BCUT2D eigenvalue weighted by Gasteiger charge is 2.16. The molecule has 0 amide bonds. The van der Waals surface area contributed by atoms with Crippen molar-refractivity contribution in [2.45, 2.75) is 0 Å². The maximum Gasteiger partial charge on any atom is 0.260 e. The SMILES string of the molecule is Nc1c(Cl)cc(Cl)cc1-c1nc(-c2ccncn2)no1. The number of hydrogen-bond donors (Lipinski definition) is 1. The number of hydrogen-bond acceptors (Lipinski definition) is 6. The molecule has 8 heteroatoms. The van der Waals surface area contributed by atoms with Gasteiger partial charge in [0.25, 0.3) is 5.89 Å². The Morgan fingerprint density at radius 3 is 2.80 bits per heavy atom. The van der Waals surface area contributed by atoms with Crippen LogP contribution in [0.2, 0.25) is 10.0 Å². The van der Waals surface area contributed by atoms with Gasteiger partial charge in [0, 0.05) is 11.2 Å². The molecular weight excluding hydrogens is 301 g/mol. The predicted octanol–water partition coefficient (Wildman–Crippen LogP) is 3.08. The summed E-state index contributed by atoms with van der Waals surface area (Å²) in [7, 11) is 0. The van der Waals surface area contributed by atoms with Crippen LogP contribution in [0.4, 0.5) is 5.69 Å². The molecule has 0 aliphatic carbocycles. The van der Waals surface area contributed by atoms with Crippen molar-refractivity contribution >= 4 is 28.9 Å². The molecule has 0 saturated carbocycles. The standard InChI is InChI=1S/C12H7Cl2N5O/c13-6-3-7(10(15)8(14)4-6)12-18-11(19-20-12)9-1-2-16-5-17-9/h1-5H,15H2. The van der Waals surface area contributed by atoms with Crippen molar-refractivity contribution in [2.24, 2.45) is 0 Å². The van der Waals surface area contributed by atoms with Crippen LogP contribution in [0.15, 0.2) is 35.2 Å². The van der Waals surface area contributed by atoms with E-state index in [2.05, 4.69) is 20.1 Å². The first-order chi connectivity index (χ1) is 9.65.